The minimum Gasteiger partial charge on any atom is -0.748 e. The summed E-state index contributed by atoms with van der Waals surface area (Å²) in [6.45, 7) is 4.13. The van der Waals surface area contributed by atoms with Gasteiger partial charge in [-0.3, -0.25) is 0 Å². The lowest BCUT2D eigenvalue weighted by atomic mass is 10.1. The SMILES string of the molecule is CCCCCC(CCCCC)S(=O)(=O)[O-]. The van der Waals surface area contributed by atoms with E-state index >= 15 is 0 Å². The molecule has 92 valence electrons. The first-order chi connectivity index (χ1) is 7.02. The molecule has 0 spiro atoms. The highest BCUT2D eigenvalue weighted by Gasteiger charge is 2.14. The molecular weight excluding hydrogens is 212 g/mol. The fourth-order valence-electron chi connectivity index (χ4n) is 1.68. The molecule has 4 heteroatoms. The van der Waals surface area contributed by atoms with Crippen LogP contribution in [0.25, 0.3) is 0 Å². The minimum atomic E-state index is -4.08. The molecule has 0 aromatic heterocycles. The summed E-state index contributed by atoms with van der Waals surface area (Å²) in [5, 5.41) is -0.643. The van der Waals surface area contributed by atoms with E-state index in [1.54, 1.807) is 0 Å². The van der Waals surface area contributed by atoms with Crippen LogP contribution < -0.4 is 0 Å². The standard InChI is InChI=1S/C11H24O3S/c1-3-5-7-9-11(15(12,13)14)10-8-6-4-2/h11H,3-10H2,1-2H3,(H,12,13,14)/p-1. The van der Waals surface area contributed by atoms with Gasteiger partial charge in [-0.15, -0.1) is 0 Å². The smallest absolute Gasteiger partial charge is 0.0975 e. The van der Waals surface area contributed by atoms with Crippen LogP contribution in [0.3, 0.4) is 0 Å². The molecule has 0 aliphatic carbocycles. The van der Waals surface area contributed by atoms with Crippen LogP contribution in [0.2, 0.25) is 0 Å². The van der Waals surface area contributed by atoms with E-state index in [9.17, 15) is 13.0 Å². The van der Waals surface area contributed by atoms with Gasteiger partial charge in [-0.1, -0.05) is 52.4 Å². The van der Waals surface area contributed by atoms with Crippen LogP contribution in [-0.2, 0) is 10.1 Å². The lowest BCUT2D eigenvalue weighted by Gasteiger charge is -2.20. The van der Waals surface area contributed by atoms with Crippen molar-refractivity contribution in [1.82, 2.24) is 0 Å². The molecule has 0 aromatic carbocycles. The molecule has 0 fully saturated rings. The van der Waals surface area contributed by atoms with Crippen LogP contribution in [0, 0.1) is 0 Å². The van der Waals surface area contributed by atoms with Gasteiger partial charge in [0.1, 0.15) is 0 Å². The topological polar surface area (TPSA) is 57.2 Å². The van der Waals surface area contributed by atoms with E-state index in [1.165, 1.54) is 0 Å². The molecule has 0 heterocycles. The van der Waals surface area contributed by atoms with E-state index in [2.05, 4.69) is 13.8 Å². The fraction of sp³-hybridized carbons (Fsp3) is 1.00. The maximum Gasteiger partial charge on any atom is 0.0975 e. The zero-order valence-electron chi connectivity index (χ0n) is 9.87. The normalized spacial score (nSPS) is 12.3. The first-order valence-electron chi connectivity index (χ1n) is 5.97. The van der Waals surface area contributed by atoms with Crippen molar-refractivity contribution in [2.45, 2.75) is 70.5 Å². The maximum atomic E-state index is 11.0. The highest BCUT2D eigenvalue weighted by molar-refractivity contribution is 7.86. The quantitative estimate of drug-likeness (QED) is 0.456. The van der Waals surface area contributed by atoms with Crippen LogP contribution in [0.4, 0.5) is 0 Å². The Hall–Kier alpha value is -0.0900. The molecule has 0 aliphatic rings. The Morgan fingerprint density at radius 2 is 1.33 bits per heavy atom. The number of unbranched alkanes of at least 4 members (excludes halogenated alkanes) is 4. The van der Waals surface area contributed by atoms with Gasteiger partial charge in [-0.2, -0.15) is 0 Å². The molecular formula is C11H23O3S-. The molecule has 0 N–H and O–H groups in total. The summed E-state index contributed by atoms with van der Waals surface area (Å²) >= 11 is 0. The lowest BCUT2D eigenvalue weighted by molar-refractivity contribution is 0.430. The van der Waals surface area contributed by atoms with Crippen LogP contribution >= 0.6 is 0 Å². The molecule has 0 saturated heterocycles. The van der Waals surface area contributed by atoms with Crippen LogP contribution in [0.1, 0.15) is 65.2 Å². The third kappa shape index (κ3) is 7.79. The van der Waals surface area contributed by atoms with Gasteiger partial charge < -0.3 is 4.55 Å². The highest BCUT2D eigenvalue weighted by atomic mass is 32.2. The Morgan fingerprint density at radius 3 is 1.60 bits per heavy atom. The van der Waals surface area contributed by atoms with E-state index in [1.807, 2.05) is 0 Å². The second-order valence-corrected chi connectivity index (χ2v) is 5.76. The Morgan fingerprint density at radius 1 is 0.933 bits per heavy atom. The summed E-state index contributed by atoms with van der Waals surface area (Å²) in [5.74, 6) is 0. The number of rotatable bonds is 9. The average Bonchev–Trinajstić information content (AvgIpc) is 2.14. The van der Waals surface area contributed by atoms with Crippen molar-refractivity contribution in [3.63, 3.8) is 0 Å². The Kier molecular flexibility index (Phi) is 8.06. The fourth-order valence-corrected chi connectivity index (χ4v) is 2.59. The Balaban J connectivity index is 3.97. The monoisotopic (exact) mass is 235 g/mol. The van der Waals surface area contributed by atoms with Crippen LogP contribution in [0.15, 0.2) is 0 Å². The first kappa shape index (κ1) is 14.9. The van der Waals surface area contributed by atoms with Crippen molar-refractivity contribution < 1.29 is 13.0 Å². The zero-order valence-corrected chi connectivity index (χ0v) is 10.7. The zero-order chi connectivity index (χ0) is 11.7. The predicted molar refractivity (Wildman–Crippen MR) is 61.8 cm³/mol. The molecule has 0 rings (SSSR count). The van der Waals surface area contributed by atoms with Crippen LogP contribution in [-0.4, -0.2) is 18.2 Å². The third-order valence-corrected chi connectivity index (χ3v) is 3.96. The van der Waals surface area contributed by atoms with Gasteiger partial charge in [0.15, 0.2) is 0 Å². The molecule has 15 heavy (non-hydrogen) atoms. The van der Waals surface area contributed by atoms with Gasteiger partial charge in [0, 0.05) is 5.25 Å². The summed E-state index contributed by atoms with van der Waals surface area (Å²) in [6, 6.07) is 0. The molecule has 0 aromatic rings. The summed E-state index contributed by atoms with van der Waals surface area (Å²) in [6.07, 6.45) is 6.94. The van der Waals surface area contributed by atoms with Crippen molar-refractivity contribution in [2.75, 3.05) is 0 Å². The maximum absolute atomic E-state index is 11.0. The predicted octanol–water partition coefficient (Wildman–Crippen LogP) is 3.06. The summed E-state index contributed by atoms with van der Waals surface area (Å²) < 4.78 is 32.9. The summed E-state index contributed by atoms with van der Waals surface area (Å²) in [4.78, 5) is 0. The van der Waals surface area contributed by atoms with Gasteiger partial charge in [-0.05, 0) is 12.8 Å². The second-order valence-electron chi connectivity index (χ2n) is 4.11. The van der Waals surface area contributed by atoms with Gasteiger partial charge >= 0.3 is 0 Å². The lowest BCUT2D eigenvalue weighted by Crippen LogP contribution is -2.20. The second kappa shape index (κ2) is 8.11. The molecule has 0 radical (unpaired) electrons. The molecule has 0 saturated carbocycles. The van der Waals surface area contributed by atoms with Crippen LogP contribution in [0.5, 0.6) is 0 Å². The van der Waals surface area contributed by atoms with E-state index in [0.717, 1.165) is 38.5 Å². The van der Waals surface area contributed by atoms with Crippen molar-refractivity contribution in [2.24, 2.45) is 0 Å². The van der Waals surface area contributed by atoms with Crippen molar-refractivity contribution in [3.05, 3.63) is 0 Å². The van der Waals surface area contributed by atoms with Gasteiger partial charge in [0.2, 0.25) is 0 Å². The largest absolute Gasteiger partial charge is 0.748 e. The first-order valence-corrected chi connectivity index (χ1v) is 7.44. The molecule has 0 amide bonds. The van der Waals surface area contributed by atoms with E-state index in [4.69, 9.17) is 0 Å². The van der Waals surface area contributed by atoms with Crippen molar-refractivity contribution >= 4 is 10.1 Å². The highest BCUT2D eigenvalue weighted by Crippen LogP contribution is 2.17. The molecule has 0 unspecified atom stereocenters. The van der Waals surface area contributed by atoms with Crippen molar-refractivity contribution in [1.29, 1.82) is 0 Å². The van der Waals surface area contributed by atoms with E-state index < -0.39 is 15.4 Å². The molecule has 0 atom stereocenters. The Labute approximate surface area is 94.0 Å². The molecule has 0 bridgehead atoms. The van der Waals surface area contributed by atoms with E-state index in [0.29, 0.717) is 12.8 Å². The summed E-state index contributed by atoms with van der Waals surface area (Å²) in [5.41, 5.74) is 0. The van der Waals surface area contributed by atoms with Gasteiger partial charge in [0.25, 0.3) is 0 Å². The molecule has 0 aliphatic heterocycles. The van der Waals surface area contributed by atoms with Gasteiger partial charge in [0.05, 0.1) is 10.1 Å². The minimum absolute atomic E-state index is 0.545. The average molecular weight is 235 g/mol. The summed E-state index contributed by atoms with van der Waals surface area (Å²) in [7, 11) is -4.08. The number of hydrogen-bond acceptors (Lipinski definition) is 3. The van der Waals surface area contributed by atoms with E-state index in [-0.39, 0.29) is 0 Å². The van der Waals surface area contributed by atoms with Gasteiger partial charge in [-0.25, -0.2) is 8.42 Å². The van der Waals surface area contributed by atoms with Crippen molar-refractivity contribution in [3.8, 4) is 0 Å². The Bertz CT molecular complexity index is 224. The third-order valence-electron chi connectivity index (χ3n) is 2.67. The number of hydrogen-bond donors (Lipinski definition) is 0. The molecule has 3 nitrogen and oxygen atoms in total.